The summed E-state index contributed by atoms with van der Waals surface area (Å²) in [6.07, 6.45) is 2.50. The van der Waals surface area contributed by atoms with Crippen LogP contribution in [-0.2, 0) is 14.3 Å². The van der Waals surface area contributed by atoms with Crippen molar-refractivity contribution in [2.24, 2.45) is 0 Å². The Balaban J connectivity index is 3.19. The summed E-state index contributed by atoms with van der Waals surface area (Å²) in [7, 11) is 0. The molecule has 0 saturated carbocycles. The van der Waals surface area contributed by atoms with Gasteiger partial charge in [-0.2, -0.15) is 11.8 Å². The minimum atomic E-state index is -0.00119. The summed E-state index contributed by atoms with van der Waals surface area (Å²) >= 11 is 1.64. The summed E-state index contributed by atoms with van der Waals surface area (Å²) < 4.78 is 4.98. The number of amides is 1. The van der Waals surface area contributed by atoms with Gasteiger partial charge in [-0.05, 0) is 13.2 Å². The first kappa shape index (κ1) is 13.4. The third-order valence-electron chi connectivity index (χ3n) is 1.41. The molecular weight excluding hydrogens is 202 g/mol. The number of ether oxygens (including phenoxy) is 1. The van der Waals surface area contributed by atoms with Crippen LogP contribution in [0.1, 0.15) is 13.3 Å². The summed E-state index contributed by atoms with van der Waals surface area (Å²) in [5, 5.41) is 2.70. The normalized spacial score (nSPS) is 9.86. The Kier molecular flexibility index (Phi) is 8.67. The van der Waals surface area contributed by atoms with Crippen LogP contribution in [-0.4, -0.2) is 43.5 Å². The fraction of sp³-hybridized carbons (Fsp3) is 0.778. The molecule has 14 heavy (non-hydrogen) atoms. The molecule has 1 N–H and O–H groups in total. The molecule has 4 nitrogen and oxygen atoms in total. The Hall–Kier alpha value is -0.550. The number of hydrogen-bond donors (Lipinski definition) is 1. The van der Waals surface area contributed by atoms with Gasteiger partial charge in [0.05, 0.1) is 6.61 Å². The molecule has 0 aliphatic carbocycles. The van der Waals surface area contributed by atoms with Gasteiger partial charge in [-0.3, -0.25) is 9.59 Å². The Morgan fingerprint density at radius 2 is 2.14 bits per heavy atom. The van der Waals surface area contributed by atoms with E-state index in [2.05, 4.69) is 5.32 Å². The molecule has 0 aromatic heterocycles. The number of thioether (sulfide) groups is 1. The minimum absolute atomic E-state index is 0.00119. The molecule has 0 bridgehead atoms. The molecule has 0 rings (SSSR count). The van der Waals surface area contributed by atoms with E-state index in [1.807, 2.05) is 6.26 Å². The van der Waals surface area contributed by atoms with Gasteiger partial charge < -0.3 is 10.1 Å². The van der Waals surface area contributed by atoms with E-state index in [0.29, 0.717) is 19.6 Å². The van der Waals surface area contributed by atoms with Crippen molar-refractivity contribution >= 4 is 23.5 Å². The highest BCUT2D eigenvalue weighted by Gasteiger charge is 1.99. The number of rotatable bonds is 8. The van der Waals surface area contributed by atoms with Crippen LogP contribution < -0.4 is 5.32 Å². The quantitative estimate of drug-likeness (QED) is 0.603. The third kappa shape index (κ3) is 9.54. The van der Waals surface area contributed by atoms with E-state index in [1.54, 1.807) is 11.8 Å². The van der Waals surface area contributed by atoms with Gasteiger partial charge in [-0.1, -0.05) is 0 Å². The number of ketones is 1. The smallest absolute Gasteiger partial charge is 0.220 e. The van der Waals surface area contributed by atoms with E-state index >= 15 is 0 Å². The summed E-state index contributed by atoms with van der Waals surface area (Å²) in [6, 6.07) is 0. The van der Waals surface area contributed by atoms with Crippen LogP contribution in [0.5, 0.6) is 0 Å². The van der Waals surface area contributed by atoms with Crippen molar-refractivity contribution in [3.05, 3.63) is 0 Å². The molecule has 0 saturated heterocycles. The molecule has 82 valence electrons. The first-order valence-corrected chi connectivity index (χ1v) is 5.89. The van der Waals surface area contributed by atoms with Crippen molar-refractivity contribution in [3.63, 3.8) is 0 Å². The van der Waals surface area contributed by atoms with Crippen molar-refractivity contribution in [2.45, 2.75) is 13.3 Å². The number of carbonyl (C=O) groups excluding carboxylic acids is 2. The van der Waals surface area contributed by atoms with Gasteiger partial charge in [0.1, 0.15) is 6.61 Å². The molecule has 0 unspecified atom stereocenters. The van der Waals surface area contributed by atoms with Gasteiger partial charge in [-0.15, -0.1) is 0 Å². The van der Waals surface area contributed by atoms with Crippen molar-refractivity contribution in [3.8, 4) is 0 Å². The zero-order valence-corrected chi connectivity index (χ0v) is 9.49. The molecule has 0 fully saturated rings. The molecule has 5 heteroatoms. The molecule has 0 spiro atoms. The van der Waals surface area contributed by atoms with E-state index in [0.717, 1.165) is 5.75 Å². The van der Waals surface area contributed by atoms with E-state index < -0.39 is 0 Å². The maximum atomic E-state index is 11.1. The Bertz CT molecular complexity index is 185. The van der Waals surface area contributed by atoms with Gasteiger partial charge in [0, 0.05) is 18.7 Å². The zero-order valence-electron chi connectivity index (χ0n) is 8.67. The average molecular weight is 219 g/mol. The summed E-state index contributed by atoms with van der Waals surface area (Å²) in [4.78, 5) is 21.5. The van der Waals surface area contributed by atoms with E-state index in [4.69, 9.17) is 4.74 Å². The lowest BCUT2D eigenvalue weighted by molar-refractivity contribution is -0.121. The van der Waals surface area contributed by atoms with Crippen LogP contribution in [0, 0.1) is 0 Å². The number of nitrogens with one attached hydrogen (secondary N) is 1. The first-order chi connectivity index (χ1) is 6.66. The fourth-order valence-corrected chi connectivity index (χ4v) is 1.15. The van der Waals surface area contributed by atoms with Gasteiger partial charge >= 0.3 is 0 Å². The Morgan fingerprint density at radius 1 is 1.43 bits per heavy atom. The van der Waals surface area contributed by atoms with Gasteiger partial charge in [0.2, 0.25) is 5.91 Å². The SMILES string of the molecule is CSCCC(=O)NCCOCC(C)=O. The lowest BCUT2D eigenvalue weighted by atomic mass is 10.4. The van der Waals surface area contributed by atoms with Crippen LogP contribution in [0.25, 0.3) is 0 Å². The van der Waals surface area contributed by atoms with Crippen LogP contribution >= 0.6 is 11.8 Å². The number of hydrogen-bond acceptors (Lipinski definition) is 4. The second-order valence-corrected chi connectivity index (χ2v) is 3.83. The highest BCUT2D eigenvalue weighted by atomic mass is 32.2. The molecule has 0 aliphatic rings. The van der Waals surface area contributed by atoms with Crippen LogP contribution in [0.15, 0.2) is 0 Å². The molecule has 0 aromatic carbocycles. The van der Waals surface area contributed by atoms with Gasteiger partial charge in [0.25, 0.3) is 0 Å². The highest BCUT2D eigenvalue weighted by Crippen LogP contribution is 1.94. The molecule has 0 aromatic rings. The topological polar surface area (TPSA) is 55.4 Å². The molecule has 0 aliphatic heterocycles. The van der Waals surface area contributed by atoms with Gasteiger partial charge in [0.15, 0.2) is 5.78 Å². The van der Waals surface area contributed by atoms with Crippen LogP contribution in [0.3, 0.4) is 0 Å². The number of carbonyl (C=O) groups is 2. The van der Waals surface area contributed by atoms with E-state index in [1.165, 1.54) is 6.92 Å². The van der Waals surface area contributed by atoms with Crippen LogP contribution in [0.4, 0.5) is 0 Å². The van der Waals surface area contributed by atoms with Crippen molar-refractivity contribution in [1.29, 1.82) is 0 Å². The van der Waals surface area contributed by atoms with E-state index in [9.17, 15) is 9.59 Å². The van der Waals surface area contributed by atoms with E-state index in [-0.39, 0.29) is 18.3 Å². The largest absolute Gasteiger partial charge is 0.372 e. The van der Waals surface area contributed by atoms with Crippen molar-refractivity contribution < 1.29 is 14.3 Å². The Labute approximate surface area is 88.8 Å². The molecular formula is C9H17NO3S. The monoisotopic (exact) mass is 219 g/mol. The zero-order chi connectivity index (χ0) is 10.8. The molecule has 0 heterocycles. The molecule has 1 amide bonds. The predicted molar refractivity (Wildman–Crippen MR) is 57.5 cm³/mol. The lowest BCUT2D eigenvalue weighted by Crippen LogP contribution is -2.27. The molecule has 0 atom stereocenters. The third-order valence-corrected chi connectivity index (χ3v) is 2.02. The maximum absolute atomic E-state index is 11.1. The molecule has 0 radical (unpaired) electrons. The predicted octanol–water partition coefficient (Wildman–Crippen LogP) is 0.461. The van der Waals surface area contributed by atoms with Crippen molar-refractivity contribution in [2.75, 3.05) is 31.8 Å². The lowest BCUT2D eigenvalue weighted by Gasteiger charge is -2.04. The minimum Gasteiger partial charge on any atom is -0.372 e. The first-order valence-electron chi connectivity index (χ1n) is 4.49. The van der Waals surface area contributed by atoms with Gasteiger partial charge in [-0.25, -0.2) is 0 Å². The number of Topliss-reactive ketones (excluding diaryl/α,β-unsaturated/α-hetero) is 1. The second kappa shape index (κ2) is 9.02. The standard InChI is InChI=1S/C9H17NO3S/c1-8(11)7-13-5-4-10-9(12)3-6-14-2/h3-7H2,1-2H3,(H,10,12). The average Bonchev–Trinajstić information content (AvgIpc) is 2.13. The highest BCUT2D eigenvalue weighted by molar-refractivity contribution is 7.98. The second-order valence-electron chi connectivity index (χ2n) is 2.85. The van der Waals surface area contributed by atoms with Crippen LogP contribution in [0.2, 0.25) is 0 Å². The summed E-state index contributed by atoms with van der Waals surface area (Å²) in [5.74, 6) is 0.865. The maximum Gasteiger partial charge on any atom is 0.220 e. The summed E-state index contributed by atoms with van der Waals surface area (Å²) in [5.41, 5.74) is 0. The summed E-state index contributed by atoms with van der Waals surface area (Å²) in [6.45, 7) is 2.46. The van der Waals surface area contributed by atoms with Crippen molar-refractivity contribution in [1.82, 2.24) is 5.32 Å². The Morgan fingerprint density at radius 3 is 2.71 bits per heavy atom. The fourth-order valence-electron chi connectivity index (χ4n) is 0.762.